The number of allylic oxidation sites excluding steroid dienone is 4. The predicted molar refractivity (Wildman–Crippen MR) is 206 cm³/mol. The lowest BCUT2D eigenvalue weighted by atomic mass is 9.78. The van der Waals surface area contributed by atoms with Gasteiger partial charge in [-0.15, -0.1) is 0 Å². The highest BCUT2D eigenvalue weighted by Gasteiger charge is 2.35. The number of imidazole rings is 1. The molecular formula is C47H30N2. The highest BCUT2D eigenvalue weighted by molar-refractivity contribution is 6.23. The van der Waals surface area contributed by atoms with Crippen LogP contribution in [0, 0.1) is 0 Å². The molecule has 2 nitrogen and oxygen atoms in total. The van der Waals surface area contributed by atoms with Gasteiger partial charge >= 0.3 is 0 Å². The molecule has 0 fully saturated rings. The van der Waals surface area contributed by atoms with Crippen LogP contribution < -0.4 is 0 Å². The van der Waals surface area contributed by atoms with E-state index >= 15 is 0 Å². The topological polar surface area (TPSA) is 17.8 Å². The number of hydrogen-bond acceptors (Lipinski definition) is 1. The second kappa shape index (κ2) is 10.1. The van der Waals surface area contributed by atoms with Gasteiger partial charge in [0.15, 0.2) is 0 Å². The lowest BCUT2D eigenvalue weighted by molar-refractivity contribution is 0.640. The van der Waals surface area contributed by atoms with Gasteiger partial charge < -0.3 is 0 Å². The lowest BCUT2D eigenvalue weighted by Gasteiger charge is -2.33. The Morgan fingerprint density at radius 2 is 0.939 bits per heavy atom. The molecule has 0 radical (unpaired) electrons. The van der Waals surface area contributed by atoms with Crippen LogP contribution in [0.3, 0.4) is 0 Å². The molecule has 0 saturated heterocycles. The van der Waals surface area contributed by atoms with Crippen LogP contribution in [0.1, 0.15) is 23.2 Å². The van der Waals surface area contributed by atoms with Crippen molar-refractivity contribution < 1.29 is 0 Å². The van der Waals surface area contributed by atoms with E-state index in [0.29, 0.717) is 0 Å². The Kier molecular flexibility index (Phi) is 5.53. The monoisotopic (exact) mass is 622 g/mol. The summed E-state index contributed by atoms with van der Waals surface area (Å²) in [5.74, 6) is 1.52. The Balaban J connectivity index is 1.07. The van der Waals surface area contributed by atoms with Gasteiger partial charge in [-0.2, -0.15) is 0 Å². The van der Waals surface area contributed by atoms with Gasteiger partial charge in [-0.05, 0) is 90.5 Å². The highest BCUT2D eigenvalue weighted by atomic mass is 15.1. The standard InChI is InChI=1S/C47H30N2/c1-2-10-30-25-31(18-17-29(30)9-1)32-19-20-34-27-35(22-21-33(34)26-32)36-23-24-44-43(28-36)39-13-5-8-16-42(39)47-48-45-40-14-6-3-11-37(40)38-12-4-7-15-41(38)46(45)49(44)47/h1-28,39,42H. The van der Waals surface area contributed by atoms with E-state index in [9.17, 15) is 0 Å². The average Bonchev–Trinajstić information content (AvgIpc) is 3.59. The molecule has 228 valence electrons. The van der Waals surface area contributed by atoms with Crippen LogP contribution in [-0.2, 0) is 0 Å². The van der Waals surface area contributed by atoms with Crippen LogP contribution >= 0.6 is 0 Å². The van der Waals surface area contributed by atoms with Crippen molar-refractivity contribution >= 4 is 54.1 Å². The van der Waals surface area contributed by atoms with E-state index < -0.39 is 0 Å². The van der Waals surface area contributed by atoms with Gasteiger partial charge in [0.2, 0.25) is 0 Å². The number of nitrogens with zero attached hydrogens (tertiary/aromatic N) is 2. The van der Waals surface area contributed by atoms with E-state index in [0.717, 1.165) is 11.3 Å². The maximum Gasteiger partial charge on any atom is 0.122 e. The molecule has 1 aliphatic carbocycles. The second-order valence-corrected chi connectivity index (χ2v) is 13.5. The maximum absolute atomic E-state index is 5.45. The van der Waals surface area contributed by atoms with Crippen molar-refractivity contribution in [3.05, 3.63) is 181 Å². The Hall–Kier alpha value is -6.25. The highest BCUT2D eigenvalue weighted by Crippen LogP contribution is 2.49. The molecule has 49 heavy (non-hydrogen) atoms. The van der Waals surface area contributed by atoms with Crippen LogP contribution in [0.5, 0.6) is 0 Å². The summed E-state index contributed by atoms with van der Waals surface area (Å²) in [5.41, 5.74) is 9.82. The van der Waals surface area contributed by atoms with Gasteiger partial charge in [0.05, 0.1) is 16.7 Å². The molecule has 9 aromatic rings. The van der Waals surface area contributed by atoms with Crippen molar-refractivity contribution in [3.63, 3.8) is 0 Å². The first kappa shape index (κ1) is 26.8. The van der Waals surface area contributed by atoms with E-state index in [1.807, 2.05) is 0 Å². The minimum atomic E-state index is 0.169. The molecule has 0 N–H and O–H groups in total. The third-order valence-corrected chi connectivity index (χ3v) is 10.9. The smallest absolute Gasteiger partial charge is 0.122 e. The number of rotatable bonds is 2. The fraction of sp³-hybridized carbons (Fsp3) is 0.0426. The SMILES string of the molecule is C1=CC2c3cc(-c4ccc5cc(-c6ccc7ccccc7c6)ccc5c4)ccc3-n3c(nc4c5ccccc5c5ccccc5c43)C2C=C1. The van der Waals surface area contributed by atoms with Crippen molar-refractivity contribution in [2.45, 2.75) is 11.8 Å². The van der Waals surface area contributed by atoms with E-state index in [2.05, 4.69) is 174 Å². The zero-order chi connectivity index (χ0) is 32.1. The lowest BCUT2D eigenvalue weighted by Crippen LogP contribution is -2.22. The first-order valence-corrected chi connectivity index (χ1v) is 17.1. The summed E-state index contributed by atoms with van der Waals surface area (Å²) in [4.78, 5) is 5.45. The summed E-state index contributed by atoms with van der Waals surface area (Å²) < 4.78 is 2.46. The molecule has 0 bridgehead atoms. The van der Waals surface area contributed by atoms with Crippen LogP contribution in [-0.4, -0.2) is 9.55 Å². The Morgan fingerprint density at radius 3 is 1.65 bits per heavy atom. The van der Waals surface area contributed by atoms with Crippen molar-refractivity contribution in [3.8, 4) is 27.9 Å². The van der Waals surface area contributed by atoms with Crippen LogP contribution in [0.2, 0.25) is 0 Å². The van der Waals surface area contributed by atoms with E-state index in [4.69, 9.17) is 4.98 Å². The fourth-order valence-electron chi connectivity index (χ4n) is 8.52. The number of aromatic nitrogens is 2. The molecule has 2 atom stereocenters. The van der Waals surface area contributed by atoms with Crippen LogP contribution in [0.4, 0.5) is 0 Å². The van der Waals surface area contributed by atoms with Gasteiger partial charge in [-0.1, -0.05) is 140 Å². The summed E-state index contributed by atoms with van der Waals surface area (Å²) in [6, 6.07) is 53.6. The molecule has 1 aromatic heterocycles. The molecule has 8 aromatic carbocycles. The molecule has 11 rings (SSSR count). The van der Waals surface area contributed by atoms with Gasteiger partial charge in [0, 0.05) is 22.6 Å². The molecule has 0 amide bonds. The van der Waals surface area contributed by atoms with Crippen molar-refractivity contribution in [1.82, 2.24) is 9.55 Å². The molecule has 1 aliphatic heterocycles. The number of benzene rings is 8. The normalized spacial score (nSPS) is 16.4. The Morgan fingerprint density at radius 1 is 0.429 bits per heavy atom. The van der Waals surface area contributed by atoms with Gasteiger partial charge in [0.1, 0.15) is 5.82 Å². The third-order valence-electron chi connectivity index (χ3n) is 10.9. The second-order valence-electron chi connectivity index (χ2n) is 13.5. The van der Waals surface area contributed by atoms with E-state index in [1.54, 1.807) is 0 Å². The summed E-state index contributed by atoms with van der Waals surface area (Å²) in [6.45, 7) is 0. The molecule has 2 unspecified atom stereocenters. The predicted octanol–water partition coefficient (Wildman–Crippen LogP) is 12.3. The third kappa shape index (κ3) is 3.92. The quantitative estimate of drug-likeness (QED) is 0.175. The Labute approximate surface area is 283 Å². The number of fused-ring (bicyclic) bond motifs is 15. The zero-order valence-corrected chi connectivity index (χ0v) is 26.7. The maximum atomic E-state index is 5.45. The molecule has 0 saturated carbocycles. The summed E-state index contributed by atoms with van der Waals surface area (Å²) in [5, 5.41) is 10.0. The number of hydrogen-bond donors (Lipinski definition) is 0. The largest absolute Gasteiger partial charge is 0.295 e. The fourth-order valence-corrected chi connectivity index (χ4v) is 8.52. The molecule has 2 aliphatic rings. The molecule has 2 heterocycles. The Bertz CT molecular complexity index is 2900. The summed E-state index contributed by atoms with van der Waals surface area (Å²) in [7, 11) is 0. The molecular weight excluding hydrogens is 593 g/mol. The minimum Gasteiger partial charge on any atom is -0.295 e. The first-order valence-electron chi connectivity index (χ1n) is 17.1. The zero-order valence-electron chi connectivity index (χ0n) is 26.7. The van der Waals surface area contributed by atoms with Gasteiger partial charge in [-0.3, -0.25) is 4.57 Å². The van der Waals surface area contributed by atoms with Crippen molar-refractivity contribution in [2.75, 3.05) is 0 Å². The van der Waals surface area contributed by atoms with Crippen molar-refractivity contribution in [1.29, 1.82) is 0 Å². The van der Waals surface area contributed by atoms with Gasteiger partial charge in [-0.25, -0.2) is 4.98 Å². The molecule has 0 spiro atoms. The van der Waals surface area contributed by atoms with Crippen molar-refractivity contribution in [2.24, 2.45) is 0 Å². The van der Waals surface area contributed by atoms with Crippen LogP contribution in [0.15, 0.2) is 170 Å². The summed E-state index contributed by atoms with van der Waals surface area (Å²) in [6.07, 6.45) is 9.09. The minimum absolute atomic E-state index is 0.169. The van der Waals surface area contributed by atoms with E-state index in [1.165, 1.54) is 82.1 Å². The summed E-state index contributed by atoms with van der Waals surface area (Å²) >= 11 is 0. The van der Waals surface area contributed by atoms with Crippen LogP contribution in [0.25, 0.3) is 82.1 Å². The average molecular weight is 623 g/mol. The first-order chi connectivity index (χ1) is 24.3. The van der Waals surface area contributed by atoms with Gasteiger partial charge in [0.25, 0.3) is 0 Å². The molecule has 2 heteroatoms. The van der Waals surface area contributed by atoms with E-state index in [-0.39, 0.29) is 11.8 Å².